The highest BCUT2D eigenvalue weighted by Gasteiger charge is 2.39. The maximum atomic E-state index is 2.52. The molecule has 236 valence electrons. The van der Waals surface area contributed by atoms with E-state index in [0.717, 1.165) is 0 Å². The molecule has 0 N–H and O–H groups in total. The topological polar surface area (TPSA) is 0 Å². The first-order valence-electron chi connectivity index (χ1n) is 18.1. The number of hydrogen-bond acceptors (Lipinski definition) is 0. The zero-order chi connectivity index (χ0) is 33.5. The molecular weight excluding hydrogens is 601 g/mol. The standard InChI is InChI=1S/C50H36/c1-28(2)32-22-17-29-20-25-41-33(23-18-30-19-24-40(32)44(29)45(30)41)31-21-26-42-43(27-31)50(3,4)49-47(42)39-16-10-9-15-38(39)46-36-13-7-5-11-34(36)35-12-6-8-14-37(35)48(46)49/h5-28H,1-4H3. The van der Waals surface area contributed by atoms with Crippen LogP contribution in [0.1, 0.15) is 50.3 Å². The molecule has 0 radical (unpaired) electrons. The van der Waals surface area contributed by atoms with Gasteiger partial charge in [-0.15, -0.1) is 0 Å². The maximum Gasteiger partial charge on any atom is 0.0165 e. The van der Waals surface area contributed by atoms with Crippen LogP contribution >= 0.6 is 0 Å². The summed E-state index contributed by atoms with van der Waals surface area (Å²) in [5, 5.41) is 18.9. The van der Waals surface area contributed by atoms with Crippen molar-refractivity contribution >= 4 is 75.4 Å². The van der Waals surface area contributed by atoms with Crippen molar-refractivity contribution in [2.75, 3.05) is 0 Å². The van der Waals surface area contributed by atoms with E-state index in [-0.39, 0.29) is 5.41 Å². The fourth-order valence-electron chi connectivity index (χ4n) is 9.92. The monoisotopic (exact) mass is 636 g/mol. The van der Waals surface area contributed by atoms with Gasteiger partial charge in [-0.25, -0.2) is 0 Å². The molecular formula is C50H36. The summed E-state index contributed by atoms with van der Waals surface area (Å²) >= 11 is 0. The molecule has 1 aliphatic rings. The molecule has 11 rings (SSSR count). The lowest BCUT2D eigenvalue weighted by Gasteiger charge is -2.26. The SMILES string of the molecule is CC(C)c1ccc2ccc3c(-c4ccc5c(c4)C(C)(C)c4c-5c5ccccc5c5c6ccccc6c6ccccc6c45)ccc4ccc1c2c43. The Labute approximate surface area is 291 Å². The minimum Gasteiger partial charge on any atom is -0.0616 e. The molecule has 0 spiro atoms. The molecule has 0 fully saturated rings. The van der Waals surface area contributed by atoms with E-state index < -0.39 is 0 Å². The average Bonchev–Trinajstić information content (AvgIpc) is 3.39. The minimum absolute atomic E-state index is 0.204. The van der Waals surface area contributed by atoms with Crippen LogP contribution in [0.25, 0.3) is 97.7 Å². The lowest BCUT2D eigenvalue weighted by Crippen LogP contribution is -2.16. The van der Waals surface area contributed by atoms with Crippen molar-refractivity contribution in [2.24, 2.45) is 0 Å². The molecule has 0 saturated heterocycles. The second-order valence-corrected chi connectivity index (χ2v) is 15.4. The summed E-state index contributed by atoms with van der Waals surface area (Å²) in [6.45, 7) is 9.52. The smallest absolute Gasteiger partial charge is 0.0165 e. The number of rotatable bonds is 2. The van der Waals surface area contributed by atoms with E-state index in [1.165, 1.54) is 114 Å². The second-order valence-electron chi connectivity index (χ2n) is 15.4. The van der Waals surface area contributed by atoms with Gasteiger partial charge < -0.3 is 0 Å². The highest BCUT2D eigenvalue weighted by atomic mass is 14.4. The highest BCUT2D eigenvalue weighted by Crippen LogP contribution is 2.57. The first-order chi connectivity index (χ1) is 24.4. The molecule has 10 aromatic rings. The van der Waals surface area contributed by atoms with Crippen LogP contribution in [0.15, 0.2) is 140 Å². The average molecular weight is 637 g/mol. The van der Waals surface area contributed by atoms with Crippen LogP contribution < -0.4 is 0 Å². The van der Waals surface area contributed by atoms with Gasteiger partial charge in [-0.1, -0.05) is 161 Å². The minimum atomic E-state index is -0.204. The molecule has 0 unspecified atom stereocenters. The molecule has 50 heavy (non-hydrogen) atoms. The van der Waals surface area contributed by atoms with E-state index in [4.69, 9.17) is 0 Å². The third kappa shape index (κ3) is 3.46. The summed E-state index contributed by atoms with van der Waals surface area (Å²) in [4.78, 5) is 0. The molecule has 0 aliphatic heterocycles. The van der Waals surface area contributed by atoms with Crippen molar-refractivity contribution in [2.45, 2.75) is 39.0 Å². The van der Waals surface area contributed by atoms with Crippen LogP contribution in [0, 0.1) is 0 Å². The predicted molar refractivity (Wildman–Crippen MR) is 217 cm³/mol. The van der Waals surface area contributed by atoms with Crippen LogP contribution in [-0.2, 0) is 5.41 Å². The zero-order valence-electron chi connectivity index (χ0n) is 28.9. The second kappa shape index (κ2) is 9.71. The molecule has 0 aromatic heterocycles. The van der Waals surface area contributed by atoms with Gasteiger partial charge in [-0.05, 0) is 126 Å². The summed E-state index contributed by atoms with van der Waals surface area (Å²) < 4.78 is 0. The van der Waals surface area contributed by atoms with E-state index in [1.54, 1.807) is 0 Å². The van der Waals surface area contributed by atoms with Gasteiger partial charge in [0.2, 0.25) is 0 Å². The van der Waals surface area contributed by atoms with Crippen molar-refractivity contribution in [3.63, 3.8) is 0 Å². The normalized spacial score (nSPS) is 13.9. The number of hydrogen-bond donors (Lipinski definition) is 0. The summed E-state index contributed by atoms with van der Waals surface area (Å²) in [6, 6.07) is 53.2. The number of fused-ring (bicyclic) bond motifs is 13. The lowest BCUT2D eigenvalue weighted by atomic mass is 9.76. The zero-order valence-corrected chi connectivity index (χ0v) is 28.9. The molecule has 1 aliphatic carbocycles. The highest BCUT2D eigenvalue weighted by molar-refractivity contribution is 6.35. The third-order valence-electron chi connectivity index (χ3n) is 12.1. The Kier molecular flexibility index (Phi) is 5.46. The predicted octanol–water partition coefficient (Wildman–Crippen LogP) is 14.3. The van der Waals surface area contributed by atoms with Crippen LogP contribution in [0.5, 0.6) is 0 Å². The molecule has 0 heterocycles. The van der Waals surface area contributed by atoms with E-state index in [9.17, 15) is 0 Å². The Hall–Kier alpha value is -5.72. The fraction of sp³-hybridized carbons (Fsp3) is 0.120. The molecule has 0 nitrogen and oxygen atoms in total. The van der Waals surface area contributed by atoms with Gasteiger partial charge in [-0.2, -0.15) is 0 Å². The first-order valence-corrected chi connectivity index (χ1v) is 18.1. The van der Waals surface area contributed by atoms with Gasteiger partial charge in [0.25, 0.3) is 0 Å². The largest absolute Gasteiger partial charge is 0.0616 e. The van der Waals surface area contributed by atoms with E-state index in [0.29, 0.717) is 5.92 Å². The van der Waals surface area contributed by atoms with Crippen molar-refractivity contribution in [1.82, 2.24) is 0 Å². The van der Waals surface area contributed by atoms with Crippen molar-refractivity contribution in [1.29, 1.82) is 0 Å². The van der Waals surface area contributed by atoms with E-state index in [2.05, 4.69) is 167 Å². The molecule has 0 saturated carbocycles. The van der Waals surface area contributed by atoms with Gasteiger partial charge in [0.1, 0.15) is 0 Å². The van der Waals surface area contributed by atoms with Crippen LogP contribution in [0.3, 0.4) is 0 Å². The van der Waals surface area contributed by atoms with E-state index in [1.807, 2.05) is 0 Å². The molecule has 0 bridgehead atoms. The molecule has 0 amide bonds. The Bertz CT molecular complexity index is 3080. The maximum absolute atomic E-state index is 2.52. The van der Waals surface area contributed by atoms with Gasteiger partial charge >= 0.3 is 0 Å². The van der Waals surface area contributed by atoms with Crippen LogP contribution in [0.2, 0.25) is 0 Å². The first kappa shape index (κ1) is 28.2. The molecule has 0 heteroatoms. The Morgan fingerprint density at radius 3 is 1.62 bits per heavy atom. The quantitative estimate of drug-likeness (QED) is 0.166. The summed E-state index contributed by atoms with van der Waals surface area (Å²) in [7, 11) is 0. The van der Waals surface area contributed by atoms with Crippen molar-refractivity contribution < 1.29 is 0 Å². The summed E-state index contributed by atoms with van der Waals surface area (Å²) in [5.41, 5.74) is 9.45. The van der Waals surface area contributed by atoms with Crippen molar-refractivity contribution in [3.05, 3.63) is 156 Å². The van der Waals surface area contributed by atoms with Crippen molar-refractivity contribution in [3.8, 4) is 22.3 Å². The van der Waals surface area contributed by atoms with Gasteiger partial charge in [0, 0.05) is 5.41 Å². The summed E-state index contributed by atoms with van der Waals surface area (Å²) in [5.74, 6) is 0.474. The molecule has 10 aromatic carbocycles. The third-order valence-corrected chi connectivity index (χ3v) is 12.1. The lowest BCUT2D eigenvalue weighted by molar-refractivity contribution is 0.667. The van der Waals surface area contributed by atoms with E-state index >= 15 is 0 Å². The van der Waals surface area contributed by atoms with Gasteiger partial charge in [0.15, 0.2) is 0 Å². The van der Waals surface area contributed by atoms with Crippen LogP contribution in [0.4, 0.5) is 0 Å². The Balaban J connectivity index is 1.23. The fourth-order valence-corrected chi connectivity index (χ4v) is 9.92. The Morgan fingerprint density at radius 1 is 0.420 bits per heavy atom. The van der Waals surface area contributed by atoms with Crippen LogP contribution in [-0.4, -0.2) is 0 Å². The molecule has 0 atom stereocenters. The van der Waals surface area contributed by atoms with Gasteiger partial charge in [-0.3, -0.25) is 0 Å². The van der Waals surface area contributed by atoms with Gasteiger partial charge in [0.05, 0.1) is 0 Å². The Morgan fingerprint density at radius 2 is 0.940 bits per heavy atom. The number of benzene rings is 10. The summed E-state index contributed by atoms with van der Waals surface area (Å²) in [6.07, 6.45) is 0.